The van der Waals surface area contributed by atoms with E-state index in [0.29, 0.717) is 11.8 Å². The lowest BCUT2D eigenvalue weighted by atomic mass is 9.77. The molecule has 1 fully saturated rings. The summed E-state index contributed by atoms with van der Waals surface area (Å²) in [6.45, 7) is 1.99. The Morgan fingerprint density at radius 1 is 1.00 bits per heavy atom. The van der Waals surface area contributed by atoms with Crippen LogP contribution in [0.1, 0.15) is 29.4 Å². The minimum atomic E-state index is 0.409. The summed E-state index contributed by atoms with van der Waals surface area (Å²) in [7, 11) is 0. The fraction of sp³-hybridized carbons (Fsp3) is 0.294. The van der Waals surface area contributed by atoms with Gasteiger partial charge in [0.25, 0.3) is 0 Å². The van der Waals surface area contributed by atoms with Crippen molar-refractivity contribution in [3.05, 3.63) is 68.1 Å². The summed E-state index contributed by atoms with van der Waals surface area (Å²) < 4.78 is 1.13. The molecule has 0 amide bonds. The van der Waals surface area contributed by atoms with Gasteiger partial charge in [0.05, 0.1) is 0 Å². The summed E-state index contributed by atoms with van der Waals surface area (Å²) >= 11 is 16.0. The van der Waals surface area contributed by atoms with Gasteiger partial charge >= 0.3 is 0 Å². The van der Waals surface area contributed by atoms with Crippen molar-refractivity contribution in [1.29, 1.82) is 0 Å². The van der Waals surface area contributed by atoms with Crippen LogP contribution in [-0.4, -0.2) is 13.1 Å². The molecule has 2 aromatic rings. The van der Waals surface area contributed by atoms with Crippen LogP contribution in [0.3, 0.4) is 0 Å². The maximum atomic E-state index is 6.20. The van der Waals surface area contributed by atoms with Crippen molar-refractivity contribution in [2.45, 2.75) is 18.3 Å². The van der Waals surface area contributed by atoms with Gasteiger partial charge < -0.3 is 5.32 Å². The summed E-state index contributed by atoms with van der Waals surface area (Å²) in [6, 6.07) is 14.2. The molecule has 1 heterocycles. The second-order valence-corrected chi connectivity index (χ2v) is 7.15. The van der Waals surface area contributed by atoms with Crippen molar-refractivity contribution in [2.24, 2.45) is 0 Å². The van der Waals surface area contributed by atoms with Gasteiger partial charge in [-0.1, -0.05) is 51.3 Å². The minimum Gasteiger partial charge on any atom is -0.316 e. The van der Waals surface area contributed by atoms with Crippen molar-refractivity contribution >= 4 is 39.1 Å². The van der Waals surface area contributed by atoms with Gasteiger partial charge in [-0.25, -0.2) is 0 Å². The van der Waals surface area contributed by atoms with Crippen LogP contribution in [0.25, 0.3) is 0 Å². The fourth-order valence-corrected chi connectivity index (χ4v) is 4.04. The highest BCUT2D eigenvalue weighted by Gasteiger charge is 2.29. The summed E-state index contributed by atoms with van der Waals surface area (Å²) in [5.41, 5.74) is 2.57. The van der Waals surface area contributed by atoms with E-state index in [4.69, 9.17) is 23.2 Å². The minimum absolute atomic E-state index is 0.409. The summed E-state index contributed by atoms with van der Waals surface area (Å²) in [5, 5.41) is 5.08. The van der Waals surface area contributed by atoms with Crippen molar-refractivity contribution in [3.63, 3.8) is 0 Å². The average Bonchev–Trinajstić information content (AvgIpc) is 2.50. The van der Waals surface area contributed by atoms with Crippen molar-refractivity contribution in [2.75, 3.05) is 13.1 Å². The van der Waals surface area contributed by atoms with E-state index in [9.17, 15) is 0 Å². The van der Waals surface area contributed by atoms with E-state index in [0.717, 1.165) is 34.0 Å². The van der Waals surface area contributed by atoms with Gasteiger partial charge in [-0.15, -0.1) is 0 Å². The Morgan fingerprint density at radius 3 is 2.62 bits per heavy atom. The molecule has 0 aliphatic carbocycles. The number of nitrogens with one attached hydrogen (secondary N) is 1. The third kappa shape index (κ3) is 3.45. The van der Waals surface area contributed by atoms with Gasteiger partial charge in [0, 0.05) is 27.0 Å². The lowest BCUT2D eigenvalue weighted by Gasteiger charge is -2.33. The molecule has 2 unspecified atom stereocenters. The first-order valence-electron chi connectivity index (χ1n) is 7.06. The van der Waals surface area contributed by atoms with Gasteiger partial charge in [-0.05, 0) is 60.3 Å². The molecule has 0 bridgehead atoms. The second kappa shape index (κ2) is 6.70. The Bertz CT molecular complexity index is 644. The largest absolute Gasteiger partial charge is 0.316 e. The number of piperidine rings is 1. The number of benzene rings is 2. The maximum Gasteiger partial charge on any atom is 0.0409 e. The van der Waals surface area contributed by atoms with Crippen LogP contribution in [0, 0.1) is 0 Å². The third-order valence-electron chi connectivity index (χ3n) is 4.12. The summed E-state index contributed by atoms with van der Waals surface area (Å²) in [5.74, 6) is 0.852. The molecule has 1 saturated heterocycles. The average molecular weight is 385 g/mol. The van der Waals surface area contributed by atoms with Crippen molar-refractivity contribution in [1.82, 2.24) is 5.32 Å². The molecule has 0 radical (unpaired) electrons. The van der Waals surface area contributed by atoms with E-state index in [-0.39, 0.29) is 0 Å². The molecular formula is C17H16BrCl2N. The Hall–Kier alpha value is -0.540. The molecule has 4 heteroatoms. The van der Waals surface area contributed by atoms with Gasteiger partial charge in [0.1, 0.15) is 0 Å². The van der Waals surface area contributed by atoms with E-state index in [2.05, 4.69) is 39.4 Å². The SMILES string of the molecule is Clc1cccc(C2CNCCC2c2cc(Cl)ccc2Br)c1. The number of rotatable bonds is 2. The molecule has 2 aromatic carbocycles. The quantitative estimate of drug-likeness (QED) is 0.708. The summed E-state index contributed by atoms with van der Waals surface area (Å²) in [4.78, 5) is 0. The fourth-order valence-electron chi connectivity index (χ4n) is 3.12. The molecule has 1 nitrogen and oxygen atoms in total. The topological polar surface area (TPSA) is 12.0 Å². The van der Waals surface area contributed by atoms with E-state index in [1.165, 1.54) is 11.1 Å². The van der Waals surface area contributed by atoms with Crippen LogP contribution in [-0.2, 0) is 0 Å². The van der Waals surface area contributed by atoms with Gasteiger partial charge in [-0.3, -0.25) is 0 Å². The zero-order valence-corrected chi connectivity index (χ0v) is 14.5. The lowest BCUT2D eigenvalue weighted by Crippen LogP contribution is -2.34. The van der Waals surface area contributed by atoms with Crippen molar-refractivity contribution < 1.29 is 0 Å². The van der Waals surface area contributed by atoms with Crippen LogP contribution in [0.4, 0.5) is 0 Å². The molecule has 1 aliphatic rings. The molecule has 1 aliphatic heterocycles. The van der Waals surface area contributed by atoms with E-state index in [1.54, 1.807) is 0 Å². The number of hydrogen-bond donors (Lipinski definition) is 1. The summed E-state index contributed by atoms with van der Waals surface area (Å²) in [6.07, 6.45) is 1.09. The molecule has 0 aromatic heterocycles. The first-order chi connectivity index (χ1) is 10.1. The standard InChI is InChI=1S/C17H16BrCl2N/c18-17-5-4-13(20)9-15(17)14-6-7-21-10-16(14)11-2-1-3-12(19)8-11/h1-5,8-9,14,16,21H,6-7,10H2. The first kappa shape index (κ1) is 15.4. The Labute approximate surface area is 143 Å². The highest BCUT2D eigenvalue weighted by atomic mass is 79.9. The molecule has 3 rings (SSSR count). The molecule has 1 N–H and O–H groups in total. The normalized spacial score (nSPS) is 22.2. The van der Waals surface area contributed by atoms with E-state index in [1.807, 2.05) is 24.3 Å². The second-order valence-electron chi connectivity index (χ2n) is 5.43. The molecule has 2 atom stereocenters. The van der Waals surface area contributed by atoms with Crippen LogP contribution >= 0.6 is 39.1 Å². The molecule has 21 heavy (non-hydrogen) atoms. The Kier molecular flexibility index (Phi) is 4.90. The van der Waals surface area contributed by atoms with Crippen LogP contribution in [0.2, 0.25) is 10.0 Å². The smallest absolute Gasteiger partial charge is 0.0409 e. The highest BCUT2D eigenvalue weighted by molar-refractivity contribution is 9.10. The third-order valence-corrected chi connectivity index (χ3v) is 5.31. The van der Waals surface area contributed by atoms with Crippen LogP contribution in [0.5, 0.6) is 0 Å². The predicted octanol–water partition coefficient (Wildman–Crippen LogP) is 5.62. The first-order valence-corrected chi connectivity index (χ1v) is 8.61. The van der Waals surface area contributed by atoms with Gasteiger partial charge in [-0.2, -0.15) is 0 Å². The molecule has 0 spiro atoms. The number of halogens is 3. The van der Waals surface area contributed by atoms with E-state index >= 15 is 0 Å². The predicted molar refractivity (Wildman–Crippen MR) is 93.6 cm³/mol. The van der Waals surface area contributed by atoms with Gasteiger partial charge in [0.15, 0.2) is 0 Å². The van der Waals surface area contributed by atoms with Crippen LogP contribution in [0.15, 0.2) is 46.9 Å². The maximum absolute atomic E-state index is 6.20. The zero-order chi connectivity index (χ0) is 14.8. The van der Waals surface area contributed by atoms with E-state index < -0.39 is 0 Å². The highest BCUT2D eigenvalue weighted by Crippen LogP contribution is 2.41. The zero-order valence-electron chi connectivity index (χ0n) is 11.5. The Balaban J connectivity index is 2.00. The molecule has 0 saturated carbocycles. The van der Waals surface area contributed by atoms with Gasteiger partial charge in [0.2, 0.25) is 0 Å². The number of hydrogen-bond acceptors (Lipinski definition) is 1. The molecular weight excluding hydrogens is 369 g/mol. The monoisotopic (exact) mass is 383 g/mol. The van der Waals surface area contributed by atoms with Crippen LogP contribution < -0.4 is 5.32 Å². The molecule has 110 valence electrons. The lowest BCUT2D eigenvalue weighted by molar-refractivity contribution is 0.403. The van der Waals surface area contributed by atoms with Crippen molar-refractivity contribution in [3.8, 4) is 0 Å². The Morgan fingerprint density at radius 2 is 1.81 bits per heavy atom.